The molecule has 0 saturated carbocycles. The van der Waals surface area contributed by atoms with Gasteiger partial charge in [-0.1, -0.05) is 15.9 Å². The number of alkyl halides is 4. The van der Waals surface area contributed by atoms with Crippen LogP contribution in [0.3, 0.4) is 0 Å². The molecule has 8 heteroatoms. The first kappa shape index (κ1) is 15.0. The van der Waals surface area contributed by atoms with Crippen LogP contribution in [0.2, 0.25) is 0 Å². The Morgan fingerprint density at radius 2 is 2.17 bits per heavy atom. The molecule has 1 heterocycles. The van der Waals surface area contributed by atoms with Gasteiger partial charge in [-0.2, -0.15) is 18.3 Å². The van der Waals surface area contributed by atoms with Crippen LogP contribution in [0.25, 0.3) is 0 Å². The molecule has 102 valence electrons. The van der Waals surface area contributed by atoms with Crippen LogP contribution in [0.1, 0.15) is 16.1 Å². The normalized spacial score (nSPS) is 11.7. The van der Waals surface area contributed by atoms with Crippen LogP contribution in [0.5, 0.6) is 0 Å². The van der Waals surface area contributed by atoms with E-state index >= 15 is 0 Å². The zero-order valence-corrected chi connectivity index (χ0v) is 11.5. The molecule has 18 heavy (non-hydrogen) atoms. The number of aromatic nitrogens is 2. The lowest BCUT2D eigenvalue weighted by Gasteiger charge is -2.22. The van der Waals surface area contributed by atoms with Crippen molar-refractivity contribution in [3.63, 3.8) is 0 Å². The molecule has 1 rings (SSSR count). The quantitative estimate of drug-likeness (QED) is 0.794. The number of carbonyl (C=O) groups excluding carboxylic acids is 1. The number of halogens is 4. The van der Waals surface area contributed by atoms with Crippen molar-refractivity contribution < 1.29 is 18.0 Å². The third-order valence-corrected chi connectivity index (χ3v) is 2.83. The fourth-order valence-electron chi connectivity index (χ4n) is 1.45. The summed E-state index contributed by atoms with van der Waals surface area (Å²) in [5.41, 5.74) is 0.740. The highest BCUT2D eigenvalue weighted by molar-refractivity contribution is 9.09. The molecule has 0 aliphatic rings. The van der Waals surface area contributed by atoms with E-state index in [0.717, 1.165) is 4.90 Å². The van der Waals surface area contributed by atoms with Crippen LogP contribution in [0.15, 0.2) is 6.20 Å². The molecule has 0 aromatic carbocycles. The van der Waals surface area contributed by atoms with Gasteiger partial charge < -0.3 is 4.90 Å². The Labute approximate surface area is 111 Å². The van der Waals surface area contributed by atoms with Crippen LogP contribution >= 0.6 is 15.9 Å². The van der Waals surface area contributed by atoms with Crippen molar-refractivity contribution >= 4 is 21.8 Å². The van der Waals surface area contributed by atoms with Crippen LogP contribution in [-0.2, 0) is 7.05 Å². The van der Waals surface area contributed by atoms with Gasteiger partial charge in [-0.05, 0) is 6.92 Å². The van der Waals surface area contributed by atoms with Gasteiger partial charge in [-0.15, -0.1) is 0 Å². The van der Waals surface area contributed by atoms with Crippen molar-refractivity contribution in [3.05, 3.63) is 17.5 Å². The Hall–Kier alpha value is -1.05. The van der Waals surface area contributed by atoms with Crippen LogP contribution in [-0.4, -0.2) is 45.2 Å². The monoisotopic (exact) mass is 327 g/mol. The molecular formula is C10H13BrF3N3O. The smallest absolute Gasteiger partial charge is 0.329 e. The Morgan fingerprint density at radius 3 is 2.56 bits per heavy atom. The first-order valence-corrected chi connectivity index (χ1v) is 6.29. The highest BCUT2D eigenvalue weighted by atomic mass is 79.9. The maximum absolute atomic E-state index is 12.4. The summed E-state index contributed by atoms with van der Waals surface area (Å²) in [6, 6.07) is 0. The SMILES string of the molecule is Cc1c(C(=O)N(CCBr)CC(F)(F)F)cnn1C. The van der Waals surface area contributed by atoms with Crippen molar-refractivity contribution in [2.45, 2.75) is 13.1 Å². The van der Waals surface area contributed by atoms with Gasteiger partial charge in [0.15, 0.2) is 0 Å². The van der Waals surface area contributed by atoms with Gasteiger partial charge in [0.1, 0.15) is 6.54 Å². The lowest BCUT2D eigenvalue weighted by atomic mass is 10.2. The predicted octanol–water partition coefficient (Wildman–Crippen LogP) is 2.13. The van der Waals surface area contributed by atoms with Crippen molar-refractivity contribution in [3.8, 4) is 0 Å². The minimum atomic E-state index is -4.41. The Morgan fingerprint density at radius 1 is 1.56 bits per heavy atom. The molecule has 0 unspecified atom stereocenters. The molecule has 1 aromatic rings. The Balaban J connectivity index is 2.92. The minimum Gasteiger partial charge on any atom is -0.329 e. The van der Waals surface area contributed by atoms with Gasteiger partial charge in [0.2, 0.25) is 0 Å². The molecular weight excluding hydrogens is 315 g/mol. The zero-order chi connectivity index (χ0) is 13.9. The number of amides is 1. The Kier molecular flexibility index (Phi) is 4.78. The molecule has 0 aliphatic carbocycles. The molecule has 0 radical (unpaired) electrons. The lowest BCUT2D eigenvalue weighted by molar-refractivity contribution is -0.140. The third-order valence-electron chi connectivity index (χ3n) is 2.48. The molecule has 1 amide bonds. The molecule has 0 saturated heterocycles. The molecule has 0 spiro atoms. The van der Waals surface area contributed by atoms with Gasteiger partial charge in [0, 0.05) is 24.6 Å². The van der Waals surface area contributed by atoms with E-state index in [1.807, 2.05) is 0 Å². The summed E-state index contributed by atoms with van der Waals surface area (Å²) in [7, 11) is 1.63. The average Bonchev–Trinajstić information content (AvgIpc) is 2.56. The number of carbonyl (C=O) groups is 1. The summed E-state index contributed by atoms with van der Waals surface area (Å²) in [5, 5.41) is 4.14. The van der Waals surface area contributed by atoms with Crippen molar-refractivity contribution in [2.75, 3.05) is 18.4 Å². The number of nitrogens with zero attached hydrogens (tertiary/aromatic N) is 3. The summed E-state index contributed by atoms with van der Waals surface area (Å²) < 4.78 is 38.6. The molecule has 0 atom stereocenters. The zero-order valence-electron chi connectivity index (χ0n) is 9.96. The minimum absolute atomic E-state index is 0.00726. The molecule has 4 nitrogen and oxygen atoms in total. The van der Waals surface area contributed by atoms with Gasteiger partial charge in [0.05, 0.1) is 11.8 Å². The topological polar surface area (TPSA) is 38.1 Å². The van der Waals surface area contributed by atoms with E-state index in [1.54, 1.807) is 14.0 Å². The fraction of sp³-hybridized carbons (Fsp3) is 0.600. The van der Waals surface area contributed by atoms with Gasteiger partial charge in [-0.3, -0.25) is 9.48 Å². The molecule has 1 aromatic heterocycles. The highest BCUT2D eigenvalue weighted by Crippen LogP contribution is 2.19. The van der Waals surface area contributed by atoms with Gasteiger partial charge in [0.25, 0.3) is 5.91 Å². The van der Waals surface area contributed by atoms with E-state index in [4.69, 9.17) is 0 Å². The summed E-state index contributed by atoms with van der Waals surface area (Å²) in [6.07, 6.45) is -3.12. The number of aryl methyl sites for hydroxylation is 1. The molecule has 0 N–H and O–H groups in total. The second-order valence-electron chi connectivity index (χ2n) is 3.80. The van der Waals surface area contributed by atoms with Crippen LogP contribution < -0.4 is 0 Å². The van der Waals surface area contributed by atoms with E-state index < -0.39 is 18.6 Å². The largest absolute Gasteiger partial charge is 0.406 e. The summed E-state index contributed by atoms with van der Waals surface area (Å²) >= 11 is 3.04. The van der Waals surface area contributed by atoms with E-state index in [0.29, 0.717) is 5.69 Å². The standard InChI is InChI=1S/C10H13BrF3N3O/c1-7-8(5-15-16(7)2)9(18)17(4-3-11)6-10(12,13)14/h5H,3-4,6H2,1-2H3. The lowest BCUT2D eigenvalue weighted by Crippen LogP contribution is -2.40. The summed E-state index contributed by atoms with van der Waals surface area (Å²) in [6.45, 7) is 0.374. The van der Waals surface area contributed by atoms with E-state index in [1.165, 1.54) is 10.9 Å². The number of hydrogen-bond donors (Lipinski definition) is 0. The summed E-state index contributed by atoms with van der Waals surface area (Å²) in [4.78, 5) is 12.8. The maximum atomic E-state index is 12.4. The predicted molar refractivity (Wildman–Crippen MR) is 63.7 cm³/mol. The highest BCUT2D eigenvalue weighted by Gasteiger charge is 2.33. The van der Waals surface area contributed by atoms with E-state index in [9.17, 15) is 18.0 Å². The maximum Gasteiger partial charge on any atom is 0.406 e. The van der Waals surface area contributed by atoms with Gasteiger partial charge in [-0.25, -0.2) is 0 Å². The number of rotatable bonds is 4. The van der Waals surface area contributed by atoms with Crippen LogP contribution in [0, 0.1) is 6.92 Å². The van der Waals surface area contributed by atoms with Crippen LogP contribution in [0.4, 0.5) is 13.2 Å². The second kappa shape index (κ2) is 5.73. The second-order valence-corrected chi connectivity index (χ2v) is 4.59. The third kappa shape index (κ3) is 3.72. The average molecular weight is 328 g/mol. The molecule has 0 fully saturated rings. The number of hydrogen-bond acceptors (Lipinski definition) is 2. The van der Waals surface area contributed by atoms with Crippen molar-refractivity contribution in [1.29, 1.82) is 0 Å². The fourth-order valence-corrected chi connectivity index (χ4v) is 1.88. The molecule has 0 aliphatic heterocycles. The Bertz CT molecular complexity index is 430. The summed E-state index contributed by atoms with van der Waals surface area (Å²) in [5.74, 6) is -0.655. The van der Waals surface area contributed by atoms with Crippen molar-refractivity contribution in [1.82, 2.24) is 14.7 Å². The van der Waals surface area contributed by atoms with Gasteiger partial charge >= 0.3 is 6.18 Å². The van der Waals surface area contributed by atoms with Crippen molar-refractivity contribution in [2.24, 2.45) is 7.05 Å². The first-order chi connectivity index (χ1) is 8.26. The molecule has 0 bridgehead atoms. The van der Waals surface area contributed by atoms with E-state index in [2.05, 4.69) is 21.0 Å². The first-order valence-electron chi connectivity index (χ1n) is 5.17. The van der Waals surface area contributed by atoms with E-state index in [-0.39, 0.29) is 17.4 Å².